The Balaban J connectivity index is 1.95. The van der Waals surface area contributed by atoms with Crippen LogP contribution in [0.4, 0.5) is 5.69 Å². The Morgan fingerprint density at radius 2 is 2.22 bits per heavy atom. The van der Waals surface area contributed by atoms with E-state index in [0.717, 1.165) is 22.9 Å². The average Bonchev–Trinajstić information content (AvgIpc) is 2.60. The van der Waals surface area contributed by atoms with E-state index in [-0.39, 0.29) is 5.91 Å². The second-order valence-electron chi connectivity index (χ2n) is 4.95. The fourth-order valence-corrected chi connectivity index (χ4v) is 3.32. The van der Waals surface area contributed by atoms with Gasteiger partial charge in [-0.2, -0.15) is 0 Å². The summed E-state index contributed by atoms with van der Waals surface area (Å²) in [4.78, 5) is 12.8. The van der Waals surface area contributed by atoms with Crippen molar-refractivity contribution in [2.45, 2.75) is 32.2 Å². The minimum absolute atomic E-state index is 0.0175. The fraction of sp³-hybridized carbons (Fsp3) is 0.357. The fourth-order valence-electron chi connectivity index (χ4n) is 2.20. The second kappa shape index (κ2) is 4.28. The Labute approximate surface area is 110 Å². The number of hydrogen-bond acceptors (Lipinski definition) is 3. The summed E-state index contributed by atoms with van der Waals surface area (Å²) < 4.78 is 1.09. The lowest BCUT2D eigenvalue weighted by atomic mass is 9.93. The van der Waals surface area contributed by atoms with Crippen LogP contribution in [0.5, 0.6) is 0 Å². The lowest BCUT2D eigenvalue weighted by molar-refractivity contribution is 0.0922. The Kier molecular flexibility index (Phi) is 2.74. The molecule has 3 rings (SSSR count). The summed E-state index contributed by atoms with van der Waals surface area (Å²) in [6, 6.07) is 6.45. The Hall–Kier alpha value is -1.55. The molecule has 0 spiro atoms. The molecule has 1 aromatic carbocycles. The number of anilines is 1. The van der Waals surface area contributed by atoms with Gasteiger partial charge in [0.25, 0.3) is 5.91 Å². The van der Waals surface area contributed by atoms with Crippen molar-refractivity contribution in [3.8, 4) is 0 Å². The van der Waals surface area contributed by atoms with Crippen molar-refractivity contribution in [2.75, 3.05) is 5.73 Å². The maximum Gasteiger partial charge on any atom is 0.263 e. The third-order valence-electron chi connectivity index (χ3n) is 3.53. The third-order valence-corrected chi connectivity index (χ3v) is 4.70. The number of amides is 1. The number of thiophene rings is 1. The van der Waals surface area contributed by atoms with Gasteiger partial charge in [-0.05, 0) is 37.8 Å². The smallest absolute Gasteiger partial charge is 0.263 e. The molecule has 0 radical (unpaired) electrons. The zero-order chi connectivity index (χ0) is 12.7. The number of rotatable bonds is 2. The van der Waals surface area contributed by atoms with Gasteiger partial charge >= 0.3 is 0 Å². The van der Waals surface area contributed by atoms with Gasteiger partial charge in [-0.15, -0.1) is 11.3 Å². The number of hydrogen-bond donors (Lipinski definition) is 2. The highest BCUT2D eigenvalue weighted by atomic mass is 32.1. The van der Waals surface area contributed by atoms with Crippen molar-refractivity contribution in [1.82, 2.24) is 5.32 Å². The second-order valence-corrected chi connectivity index (χ2v) is 6.00. The zero-order valence-electron chi connectivity index (χ0n) is 10.3. The van der Waals surface area contributed by atoms with Crippen molar-refractivity contribution < 1.29 is 4.79 Å². The number of nitrogen functional groups attached to an aromatic ring is 1. The highest BCUT2D eigenvalue weighted by Gasteiger charge is 2.23. The van der Waals surface area contributed by atoms with Crippen LogP contribution in [-0.4, -0.2) is 11.9 Å². The van der Waals surface area contributed by atoms with Gasteiger partial charge in [-0.3, -0.25) is 4.79 Å². The Bertz CT molecular complexity index is 614. The van der Waals surface area contributed by atoms with Crippen LogP contribution in [0.15, 0.2) is 18.2 Å². The Morgan fingerprint density at radius 3 is 2.89 bits per heavy atom. The number of nitrogens with one attached hydrogen (secondary N) is 1. The van der Waals surface area contributed by atoms with E-state index in [1.165, 1.54) is 23.3 Å². The van der Waals surface area contributed by atoms with Gasteiger partial charge in [-0.25, -0.2) is 0 Å². The van der Waals surface area contributed by atoms with E-state index in [1.807, 2.05) is 19.1 Å². The number of nitrogens with two attached hydrogens (primary N) is 1. The maximum absolute atomic E-state index is 12.1. The van der Waals surface area contributed by atoms with Crippen molar-refractivity contribution in [2.24, 2.45) is 0 Å². The molecule has 0 bridgehead atoms. The van der Waals surface area contributed by atoms with Crippen molar-refractivity contribution in [1.29, 1.82) is 0 Å². The lowest BCUT2D eigenvalue weighted by Crippen LogP contribution is -2.39. The molecule has 94 valence electrons. The molecular weight excluding hydrogens is 244 g/mol. The molecule has 3 nitrogen and oxygen atoms in total. The SMILES string of the molecule is Cc1ccc2c(N)c(C(=O)NC3CCC3)sc2c1. The van der Waals surface area contributed by atoms with Gasteiger partial charge in [0.05, 0.1) is 5.69 Å². The standard InChI is InChI=1S/C14H16N2OS/c1-8-5-6-10-11(7-8)18-13(12(10)15)14(17)16-9-3-2-4-9/h5-7,9H,2-4,15H2,1H3,(H,16,17). The van der Waals surface area contributed by atoms with Crippen LogP contribution in [0.25, 0.3) is 10.1 Å². The topological polar surface area (TPSA) is 55.1 Å². The van der Waals surface area contributed by atoms with Crippen LogP contribution < -0.4 is 11.1 Å². The molecule has 1 heterocycles. The first-order valence-electron chi connectivity index (χ1n) is 6.24. The van der Waals surface area contributed by atoms with E-state index in [0.29, 0.717) is 16.6 Å². The molecule has 1 saturated carbocycles. The Morgan fingerprint density at radius 1 is 1.44 bits per heavy atom. The number of fused-ring (bicyclic) bond motifs is 1. The molecule has 0 atom stereocenters. The summed E-state index contributed by atoms with van der Waals surface area (Å²) in [6.45, 7) is 2.05. The van der Waals surface area contributed by atoms with Gasteiger partial charge in [0, 0.05) is 16.1 Å². The molecule has 1 aliphatic rings. The first kappa shape index (κ1) is 11.5. The molecule has 1 aromatic heterocycles. The molecule has 0 saturated heterocycles. The van der Waals surface area contributed by atoms with Crippen molar-refractivity contribution >= 4 is 33.0 Å². The van der Waals surface area contributed by atoms with Crippen molar-refractivity contribution in [3.63, 3.8) is 0 Å². The lowest BCUT2D eigenvalue weighted by Gasteiger charge is -2.26. The largest absolute Gasteiger partial charge is 0.397 e. The highest BCUT2D eigenvalue weighted by Crippen LogP contribution is 2.34. The van der Waals surface area contributed by atoms with Crippen LogP contribution in [0.3, 0.4) is 0 Å². The number of carbonyl (C=O) groups excluding carboxylic acids is 1. The maximum atomic E-state index is 12.1. The number of benzene rings is 1. The predicted molar refractivity (Wildman–Crippen MR) is 76.1 cm³/mol. The molecule has 3 N–H and O–H groups in total. The summed E-state index contributed by atoms with van der Waals surface area (Å²) >= 11 is 1.49. The molecule has 0 unspecified atom stereocenters. The van der Waals surface area contributed by atoms with Crippen LogP contribution in [0.2, 0.25) is 0 Å². The van der Waals surface area contributed by atoms with E-state index in [2.05, 4.69) is 11.4 Å². The van der Waals surface area contributed by atoms with E-state index < -0.39 is 0 Å². The van der Waals surface area contributed by atoms with Crippen LogP contribution in [0, 0.1) is 6.92 Å². The van der Waals surface area contributed by atoms with E-state index in [1.54, 1.807) is 0 Å². The van der Waals surface area contributed by atoms with Crippen LogP contribution in [0.1, 0.15) is 34.5 Å². The molecule has 18 heavy (non-hydrogen) atoms. The molecule has 4 heteroatoms. The monoisotopic (exact) mass is 260 g/mol. The van der Waals surface area contributed by atoms with E-state index in [9.17, 15) is 4.79 Å². The molecular formula is C14H16N2OS. The summed E-state index contributed by atoms with van der Waals surface area (Å²) in [5, 5.41) is 4.03. The number of carbonyl (C=O) groups is 1. The highest BCUT2D eigenvalue weighted by molar-refractivity contribution is 7.21. The van der Waals surface area contributed by atoms with Crippen LogP contribution in [-0.2, 0) is 0 Å². The minimum Gasteiger partial charge on any atom is -0.397 e. The molecule has 2 aromatic rings. The first-order valence-corrected chi connectivity index (χ1v) is 7.06. The summed E-state index contributed by atoms with van der Waals surface area (Å²) in [5.41, 5.74) is 7.88. The first-order chi connectivity index (χ1) is 8.65. The molecule has 1 amide bonds. The van der Waals surface area contributed by atoms with Gasteiger partial charge in [0.2, 0.25) is 0 Å². The molecule has 1 fully saturated rings. The third kappa shape index (κ3) is 1.86. The quantitative estimate of drug-likeness (QED) is 0.872. The van der Waals surface area contributed by atoms with Gasteiger partial charge in [0.15, 0.2) is 0 Å². The average molecular weight is 260 g/mol. The predicted octanol–water partition coefficient (Wildman–Crippen LogP) is 3.07. The zero-order valence-corrected chi connectivity index (χ0v) is 11.1. The summed E-state index contributed by atoms with van der Waals surface area (Å²) in [5.74, 6) is -0.0175. The van der Waals surface area contributed by atoms with Crippen molar-refractivity contribution in [3.05, 3.63) is 28.6 Å². The minimum atomic E-state index is -0.0175. The van der Waals surface area contributed by atoms with E-state index in [4.69, 9.17) is 5.73 Å². The molecule has 1 aliphatic carbocycles. The summed E-state index contributed by atoms with van der Waals surface area (Å²) in [7, 11) is 0. The number of aryl methyl sites for hydroxylation is 1. The van der Waals surface area contributed by atoms with Gasteiger partial charge in [-0.1, -0.05) is 12.1 Å². The van der Waals surface area contributed by atoms with Crippen LogP contribution >= 0.6 is 11.3 Å². The van der Waals surface area contributed by atoms with Gasteiger partial charge in [0.1, 0.15) is 4.88 Å². The summed E-state index contributed by atoms with van der Waals surface area (Å²) in [6.07, 6.45) is 3.40. The van der Waals surface area contributed by atoms with E-state index >= 15 is 0 Å². The normalized spacial score (nSPS) is 15.6. The van der Waals surface area contributed by atoms with Gasteiger partial charge < -0.3 is 11.1 Å². The molecule has 0 aliphatic heterocycles.